The summed E-state index contributed by atoms with van der Waals surface area (Å²) >= 11 is 3.37. The summed E-state index contributed by atoms with van der Waals surface area (Å²) in [6.07, 6.45) is 0. The molecule has 2 aromatic carbocycles. The van der Waals surface area contributed by atoms with E-state index in [1.165, 1.54) is 12.1 Å². The van der Waals surface area contributed by atoms with Crippen LogP contribution in [0.3, 0.4) is 0 Å². The zero-order chi connectivity index (χ0) is 13.0. The fraction of sp³-hybridized carbons (Fsp3) is 0.143. The lowest BCUT2D eigenvalue weighted by atomic mass is 10.2. The van der Waals surface area contributed by atoms with Crippen molar-refractivity contribution in [3.63, 3.8) is 0 Å². The molecule has 0 bridgehead atoms. The van der Waals surface area contributed by atoms with Gasteiger partial charge in [0.1, 0.15) is 18.2 Å². The topological polar surface area (TPSA) is 35.2 Å². The molecule has 4 heteroatoms. The van der Waals surface area contributed by atoms with Gasteiger partial charge < -0.3 is 10.5 Å². The Morgan fingerprint density at radius 2 is 1.78 bits per heavy atom. The van der Waals surface area contributed by atoms with Gasteiger partial charge in [0.15, 0.2) is 0 Å². The highest BCUT2D eigenvalue weighted by Gasteiger charge is 2.01. The van der Waals surface area contributed by atoms with Crippen molar-refractivity contribution in [2.45, 2.75) is 13.2 Å². The van der Waals surface area contributed by atoms with Gasteiger partial charge in [-0.25, -0.2) is 4.39 Å². The summed E-state index contributed by atoms with van der Waals surface area (Å²) in [5, 5.41) is 0. The van der Waals surface area contributed by atoms with Crippen molar-refractivity contribution < 1.29 is 9.13 Å². The quantitative estimate of drug-likeness (QED) is 0.936. The average Bonchev–Trinajstić information content (AvgIpc) is 2.37. The van der Waals surface area contributed by atoms with Crippen molar-refractivity contribution in [1.29, 1.82) is 0 Å². The maximum atomic E-state index is 13.3. The summed E-state index contributed by atoms with van der Waals surface area (Å²) in [4.78, 5) is 0. The SMILES string of the molecule is NCc1cc(F)cc(OCc2ccc(Br)cc2)c1. The molecule has 0 unspecified atom stereocenters. The van der Waals surface area contributed by atoms with E-state index in [0.717, 1.165) is 15.6 Å². The van der Waals surface area contributed by atoms with E-state index in [4.69, 9.17) is 10.5 Å². The Morgan fingerprint density at radius 1 is 1.06 bits per heavy atom. The van der Waals surface area contributed by atoms with Gasteiger partial charge in [-0.2, -0.15) is 0 Å². The van der Waals surface area contributed by atoms with Gasteiger partial charge >= 0.3 is 0 Å². The van der Waals surface area contributed by atoms with Crippen molar-refractivity contribution in [2.75, 3.05) is 0 Å². The summed E-state index contributed by atoms with van der Waals surface area (Å²) in [6, 6.07) is 12.3. The predicted molar refractivity (Wildman–Crippen MR) is 72.8 cm³/mol. The number of nitrogens with two attached hydrogens (primary N) is 1. The number of rotatable bonds is 4. The first-order valence-corrected chi connectivity index (χ1v) is 6.33. The normalized spacial score (nSPS) is 10.4. The molecule has 2 aromatic rings. The summed E-state index contributed by atoms with van der Waals surface area (Å²) in [5.74, 6) is 0.169. The molecule has 0 spiro atoms. The molecule has 0 saturated heterocycles. The fourth-order valence-electron chi connectivity index (χ4n) is 1.57. The van der Waals surface area contributed by atoms with Gasteiger partial charge in [-0.3, -0.25) is 0 Å². The molecule has 18 heavy (non-hydrogen) atoms. The van der Waals surface area contributed by atoms with E-state index < -0.39 is 0 Å². The minimum atomic E-state index is -0.330. The lowest BCUT2D eigenvalue weighted by Gasteiger charge is -2.08. The zero-order valence-electron chi connectivity index (χ0n) is 9.70. The Bertz CT molecular complexity index is 528. The van der Waals surface area contributed by atoms with Crippen molar-refractivity contribution in [3.8, 4) is 5.75 Å². The zero-order valence-corrected chi connectivity index (χ0v) is 11.3. The van der Waals surface area contributed by atoms with E-state index in [1.54, 1.807) is 6.07 Å². The maximum absolute atomic E-state index is 13.3. The van der Waals surface area contributed by atoms with E-state index in [9.17, 15) is 4.39 Å². The van der Waals surface area contributed by atoms with Gasteiger partial charge in [-0.05, 0) is 35.4 Å². The molecule has 0 saturated carbocycles. The molecule has 0 aromatic heterocycles. The predicted octanol–water partition coefficient (Wildman–Crippen LogP) is 3.63. The Morgan fingerprint density at radius 3 is 2.44 bits per heavy atom. The maximum Gasteiger partial charge on any atom is 0.127 e. The molecule has 2 nitrogen and oxygen atoms in total. The first kappa shape index (κ1) is 13.1. The van der Waals surface area contributed by atoms with Crippen LogP contribution in [0.5, 0.6) is 5.75 Å². The van der Waals surface area contributed by atoms with Crippen LogP contribution in [0, 0.1) is 5.82 Å². The number of benzene rings is 2. The molecule has 0 aliphatic heterocycles. The number of hydrogen-bond acceptors (Lipinski definition) is 2. The van der Waals surface area contributed by atoms with Gasteiger partial charge in [-0.15, -0.1) is 0 Å². The standard InChI is InChI=1S/C14H13BrFNO/c15-12-3-1-10(2-4-12)9-18-14-6-11(8-17)5-13(16)7-14/h1-7H,8-9,17H2. The van der Waals surface area contributed by atoms with Crippen molar-refractivity contribution in [2.24, 2.45) is 5.73 Å². The highest BCUT2D eigenvalue weighted by molar-refractivity contribution is 9.10. The van der Waals surface area contributed by atoms with Crippen LogP contribution in [-0.2, 0) is 13.2 Å². The highest BCUT2D eigenvalue weighted by atomic mass is 79.9. The molecule has 0 heterocycles. The Labute approximate surface area is 114 Å². The van der Waals surface area contributed by atoms with Crippen LogP contribution in [0.1, 0.15) is 11.1 Å². The van der Waals surface area contributed by atoms with Crippen LogP contribution < -0.4 is 10.5 Å². The van der Waals surface area contributed by atoms with Gasteiger partial charge in [0.2, 0.25) is 0 Å². The lowest BCUT2D eigenvalue weighted by molar-refractivity contribution is 0.304. The van der Waals surface area contributed by atoms with Crippen molar-refractivity contribution in [1.82, 2.24) is 0 Å². The van der Waals surface area contributed by atoms with Crippen LogP contribution in [0.15, 0.2) is 46.9 Å². The third kappa shape index (κ3) is 3.55. The molecule has 2 N–H and O–H groups in total. The molecule has 0 radical (unpaired) electrons. The van der Waals surface area contributed by atoms with Crippen LogP contribution in [0.2, 0.25) is 0 Å². The molecule has 94 valence electrons. The van der Waals surface area contributed by atoms with E-state index in [1.807, 2.05) is 24.3 Å². The first-order valence-electron chi connectivity index (χ1n) is 5.54. The molecule has 0 aliphatic carbocycles. The van der Waals surface area contributed by atoms with Crippen LogP contribution in [-0.4, -0.2) is 0 Å². The molecule has 0 aliphatic rings. The van der Waals surface area contributed by atoms with Crippen LogP contribution >= 0.6 is 15.9 Å². The van der Waals surface area contributed by atoms with E-state index in [-0.39, 0.29) is 5.82 Å². The highest BCUT2D eigenvalue weighted by Crippen LogP contribution is 2.18. The van der Waals surface area contributed by atoms with E-state index >= 15 is 0 Å². The summed E-state index contributed by atoms with van der Waals surface area (Å²) in [5.41, 5.74) is 7.23. The molecular formula is C14H13BrFNO. The molecule has 0 amide bonds. The Balaban J connectivity index is 2.05. The summed E-state index contributed by atoms with van der Waals surface area (Å²) in [6.45, 7) is 0.702. The largest absolute Gasteiger partial charge is 0.489 e. The molecular weight excluding hydrogens is 297 g/mol. The van der Waals surface area contributed by atoms with Crippen LogP contribution in [0.25, 0.3) is 0 Å². The number of hydrogen-bond donors (Lipinski definition) is 1. The lowest BCUT2D eigenvalue weighted by Crippen LogP contribution is -2.00. The minimum absolute atomic E-state index is 0.298. The average molecular weight is 310 g/mol. The Kier molecular flexibility index (Phi) is 4.33. The van der Waals surface area contributed by atoms with Gasteiger partial charge in [0.05, 0.1) is 0 Å². The second-order valence-electron chi connectivity index (χ2n) is 3.91. The Hall–Kier alpha value is -1.39. The molecule has 0 fully saturated rings. The first-order chi connectivity index (χ1) is 8.67. The van der Waals surface area contributed by atoms with E-state index in [0.29, 0.717) is 18.9 Å². The minimum Gasteiger partial charge on any atom is -0.489 e. The van der Waals surface area contributed by atoms with Crippen LogP contribution in [0.4, 0.5) is 4.39 Å². The van der Waals surface area contributed by atoms with Gasteiger partial charge in [-0.1, -0.05) is 28.1 Å². The fourth-order valence-corrected chi connectivity index (χ4v) is 1.83. The number of halogens is 2. The third-order valence-corrected chi connectivity index (χ3v) is 3.01. The van der Waals surface area contributed by atoms with Crippen molar-refractivity contribution in [3.05, 3.63) is 63.9 Å². The van der Waals surface area contributed by atoms with Gasteiger partial charge in [0.25, 0.3) is 0 Å². The number of ether oxygens (including phenoxy) is 1. The van der Waals surface area contributed by atoms with Crippen molar-refractivity contribution >= 4 is 15.9 Å². The smallest absolute Gasteiger partial charge is 0.127 e. The van der Waals surface area contributed by atoms with E-state index in [2.05, 4.69) is 15.9 Å². The second kappa shape index (κ2) is 5.98. The van der Waals surface area contributed by atoms with Gasteiger partial charge in [0, 0.05) is 17.1 Å². The molecule has 0 atom stereocenters. The monoisotopic (exact) mass is 309 g/mol. The second-order valence-corrected chi connectivity index (χ2v) is 4.83. The third-order valence-electron chi connectivity index (χ3n) is 2.49. The summed E-state index contributed by atoms with van der Waals surface area (Å²) in [7, 11) is 0. The molecule has 2 rings (SSSR count). The summed E-state index contributed by atoms with van der Waals surface area (Å²) < 4.78 is 19.8.